The summed E-state index contributed by atoms with van der Waals surface area (Å²) in [5.41, 5.74) is 1.37. The van der Waals surface area contributed by atoms with Crippen LogP contribution in [0.3, 0.4) is 0 Å². The second kappa shape index (κ2) is 8.29. The highest BCUT2D eigenvalue weighted by molar-refractivity contribution is 7.98. The molecule has 134 valence electrons. The van der Waals surface area contributed by atoms with Crippen molar-refractivity contribution < 1.29 is 13.9 Å². The molecule has 26 heavy (non-hydrogen) atoms. The minimum Gasteiger partial charge on any atom is -0.464 e. The monoisotopic (exact) mass is 388 g/mol. The van der Waals surface area contributed by atoms with Crippen molar-refractivity contribution in [3.63, 3.8) is 0 Å². The van der Waals surface area contributed by atoms with Crippen molar-refractivity contribution in [2.45, 2.75) is 31.2 Å². The Balaban J connectivity index is 1.61. The number of nitrogens with zero attached hydrogens (tertiary/aromatic N) is 2. The van der Waals surface area contributed by atoms with E-state index in [4.69, 9.17) is 9.15 Å². The van der Waals surface area contributed by atoms with Crippen LogP contribution < -0.4 is 10.2 Å². The van der Waals surface area contributed by atoms with Crippen LogP contribution >= 0.6 is 23.1 Å². The van der Waals surface area contributed by atoms with Crippen molar-refractivity contribution in [2.75, 3.05) is 0 Å². The fourth-order valence-electron chi connectivity index (χ4n) is 2.20. The van der Waals surface area contributed by atoms with Crippen LogP contribution in [-0.4, -0.2) is 15.9 Å². The summed E-state index contributed by atoms with van der Waals surface area (Å²) in [6.07, 6.45) is 1.30. The third-order valence-electron chi connectivity index (χ3n) is 3.28. The number of rotatable bonds is 6. The quantitative estimate of drug-likeness (QED) is 0.363. The van der Waals surface area contributed by atoms with E-state index in [1.807, 2.05) is 37.4 Å². The van der Waals surface area contributed by atoms with Gasteiger partial charge in [0, 0.05) is 22.3 Å². The Morgan fingerprint density at radius 1 is 1.27 bits per heavy atom. The van der Waals surface area contributed by atoms with E-state index in [2.05, 4.69) is 9.97 Å². The fourth-order valence-corrected chi connectivity index (χ4v) is 3.73. The van der Waals surface area contributed by atoms with Gasteiger partial charge in [0.2, 0.25) is 11.2 Å². The molecule has 0 radical (unpaired) electrons. The maximum atomic E-state index is 12.1. The normalized spacial score (nSPS) is 10.7. The molecule has 0 fully saturated rings. The van der Waals surface area contributed by atoms with Crippen LogP contribution in [0.1, 0.15) is 22.0 Å². The van der Waals surface area contributed by atoms with Gasteiger partial charge in [-0.3, -0.25) is 9.59 Å². The largest absolute Gasteiger partial charge is 0.464 e. The second-order valence-corrected chi connectivity index (χ2v) is 7.50. The van der Waals surface area contributed by atoms with Crippen LogP contribution in [-0.2, 0) is 17.0 Å². The van der Waals surface area contributed by atoms with Gasteiger partial charge < -0.3 is 9.15 Å². The Morgan fingerprint density at radius 3 is 2.69 bits per heavy atom. The minimum absolute atomic E-state index is 0.108. The number of thioether (sulfide) groups is 1. The standard InChI is InChI=1S/C18H16N2O4S2/c1-11-6-12(2)20-18(19-11)26-10-13-7-15(21)16(9-23-13)24-17(22)8-14-4-3-5-25-14/h3-7,9H,8,10H2,1-2H3. The third-order valence-corrected chi connectivity index (χ3v) is 5.03. The van der Waals surface area contributed by atoms with Crippen LogP contribution in [0.15, 0.2) is 50.3 Å². The van der Waals surface area contributed by atoms with Gasteiger partial charge in [-0.2, -0.15) is 0 Å². The molecule has 0 saturated carbocycles. The van der Waals surface area contributed by atoms with Gasteiger partial charge in [0.15, 0.2) is 5.16 Å². The van der Waals surface area contributed by atoms with Crippen LogP contribution in [0.4, 0.5) is 0 Å². The molecular formula is C18H16N2O4S2. The Kier molecular flexibility index (Phi) is 5.85. The highest BCUT2D eigenvalue weighted by atomic mass is 32.2. The van der Waals surface area contributed by atoms with Crippen molar-refractivity contribution in [1.82, 2.24) is 9.97 Å². The van der Waals surface area contributed by atoms with Gasteiger partial charge in [-0.25, -0.2) is 9.97 Å². The highest BCUT2D eigenvalue weighted by Gasteiger charge is 2.12. The SMILES string of the molecule is Cc1cc(C)nc(SCc2cc(=O)c(OC(=O)Cc3cccs3)co2)n1. The maximum absolute atomic E-state index is 12.1. The zero-order chi connectivity index (χ0) is 18.5. The molecule has 0 unspecified atom stereocenters. The van der Waals surface area contributed by atoms with Crippen LogP contribution in [0.5, 0.6) is 5.75 Å². The summed E-state index contributed by atoms with van der Waals surface area (Å²) in [6, 6.07) is 6.91. The fraction of sp³-hybridized carbons (Fsp3) is 0.222. The molecule has 0 spiro atoms. The molecule has 0 saturated heterocycles. The summed E-state index contributed by atoms with van der Waals surface area (Å²) in [5.74, 6) is 0.260. The number of hydrogen-bond donors (Lipinski definition) is 0. The molecule has 0 aliphatic carbocycles. The summed E-state index contributed by atoms with van der Waals surface area (Å²) in [5, 5.41) is 2.50. The van der Waals surface area contributed by atoms with Gasteiger partial charge >= 0.3 is 5.97 Å². The lowest BCUT2D eigenvalue weighted by molar-refractivity contribution is -0.133. The molecule has 3 aromatic heterocycles. The molecule has 8 heteroatoms. The van der Waals surface area contributed by atoms with Crippen molar-refractivity contribution in [2.24, 2.45) is 0 Å². The van der Waals surface area contributed by atoms with Gasteiger partial charge in [0.05, 0.1) is 12.2 Å². The molecule has 3 aromatic rings. The number of carbonyl (C=O) groups is 1. The highest BCUT2D eigenvalue weighted by Crippen LogP contribution is 2.20. The number of aryl methyl sites for hydroxylation is 2. The molecular weight excluding hydrogens is 372 g/mol. The van der Waals surface area contributed by atoms with Gasteiger partial charge in [-0.15, -0.1) is 11.3 Å². The van der Waals surface area contributed by atoms with E-state index in [0.29, 0.717) is 16.7 Å². The molecule has 0 aliphatic heterocycles. The van der Waals surface area contributed by atoms with Gasteiger partial charge in [0.25, 0.3) is 0 Å². The van der Waals surface area contributed by atoms with E-state index >= 15 is 0 Å². The molecule has 0 N–H and O–H groups in total. The molecule has 3 rings (SSSR count). The number of carbonyl (C=O) groups excluding carboxylic acids is 1. The topological polar surface area (TPSA) is 82.3 Å². The number of aromatic nitrogens is 2. The van der Waals surface area contributed by atoms with Crippen LogP contribution in [0, 0.1) is 13.8 Å². The van der Waals surface area contributed by atoms with E-state index in [9.17, 15) is 9.59 Å². The molecule has 6 nitrogen and oxygen atoms in total. The average Bonchev–Trinajstić information content (AvgIpc) is 3.07. The average molecular weight is 388 g/mol. The van der Waals surface area contributed by atoms with Crippen molar-refractivity contribution in [3.05, 3.63) is 68.2 Å². The number of hydrogen-bond acceptors (Lipinski definition) is 8. The molecule has 3 heterocycles. The summed E-state index contributed by atoms with van der Waals surface area (Å²) >= 11 is 2.83. The summed E-state index contributed by atoms with van der Waals surface area (Å²) < 4.78 is 10.5. The van der Waals surface area contributed by atoms with E-state index in [0.717, 1.165) is 16.3 Å². The predicted molar refractivity (Wildman–Crippen MR) is 99.7 cm³/mol. The van der Waals surface area contributed by atoms with Crippen molar-refractivity contribution in [3.8, 4) is 5.75 Å². The predicted octanol–water partition coefficient (Wildman–Crippen LogP) is 3.55. The lowest BCUT2D eigenvalue weighted by Gasteiger charge is -2.05. The summed E-state index contributed by atoms with van der Waals surface area (Å²) in [6.45, 7) is 3.80. The van der Waals surface area contributed by atoms with Gasteiger partial charge in [-0.05, 0) is 31.4 Å². The van der Waals surface area contributed by atoms with E-state index in [1.54, 1.807) is 0 Å². The van der Waals surface area contributed by atoms with Gasteiger partial charge in [-0.1, -0.05) is 17.8 Å². The molecule has 0 amide bonds. The molecule has 0 aromatic carbocycles. The van der Waals surface area contributed by atoms with E-state index in [-0.39, 0.29) is 12.2 Å². The molecule has 0 bridgehead atoms. The maximum Gasteiger partial charge on any atom is 0.316 e. The van der Waals surface area contributed by atoms with E-state index in [1.165, 1.54) is 35.4 Å². The third kappa shape index (κ3) is 5.03. The first-order valence-electron chi connectivity index (χ1n) is 7.79. The van der Waals surface area contributed by atoms with Crippen molar-refractivity contribution in [1.29, 1.82) is 0 Å². The smallest absolute Gasteiger partial charge is 0.316 e. The number of esters is 1. The Morgan fingerprint density at radius 2 is 2.04 bits per heavy atom. The zero-order valence-electron chi connectivity index (χ0n) is 14.2. The Hall–Kier alpha value is -2.45. The van der Waals surface area contributed by atoms with Crippen LogP contribution in [0.25, 0.3) is 0 Å². The first-order valence-corrected chi connectivity index (χ1v) is 9.66. The minimum atomic E-state index is -0.495. The van der Waals surface area contributed by atoms with Gasteiger partial charge in [0.1, 0.15) is 12.0 Å². The first kappa shape index (κ1) is 18.3. The molecule has 0 atom stereocenters. The van der Waals surface area contributed by atoms with Crippen LogP contribution in [0.2, 0.25) is 0 Å². The lowest BCUT2D eigenvalue weighted by Crippen LogP contribution is -2.16. The first-order chi connectivity index (χ1) is 12.5. The Bertz CT molecular complexity index is 947. The summed E-state index contributed by atoms with van der Waals surface area (Å²) in [4.78, 5) is 33.5. The second-order valence-electron chi connectivity index (χ2n) is 5.53. The van der Waals surface area contributed by atoms with Crippen molar-refractivity contribution >= 4 is 29.1 Å². The van der Waals surface area contributed by atoms with E-state index < -0.39 is 11.4 Å². The lowest BCUT2D eigenvalue weighted by atomic mass is 10.3. The number of thiophene rings is 1. The Labute approximate surface area is 158 Å². The molecule has 0 aliphatic rings. The zero-order valence-corrected chi connectivity index (χ0v) is 15.9. The number of ether oxygens (including phenoxy) is 1. The summed E-state index contributed by atoms with van der Waals surface area (Å²) in [7, 11) is 0.